The molecular formula is C33H30O. The molecule has 168 valence electrons. The zero-order chi connectivity index (χ0) is 22.4. The van der Waals surface area contributed by atoms with Gasteiger partial charge in [0, 0.05) is 21.7 Å². The Balaban J connectivity index is 1.22. The average molecular weight is 443 g/mol. The molecule has 4 aromatic carbocycles. The van der Waals surface area contributed by atoms with Gasteiger partial charge in [-0.25, -0.2) is 0 Å². The Hall–Kier alpha value is -3.06. The van der Waals surface area contributed by atoms with Crippen LogP contribution in [0.1, 0.15) is 49.7 Å². The minimum Gasteiger partial charge on any atom is -0.455 e. The number of hydrogen-bond acceptors (Lipinski definition) is 1. The fraction of sp³-hybridized carbons (Fsp3) is 0.333. The Kier molecular flexibility index (Phi) is 3.83. The summed E-state index contributed by atoms with van der Waals surface area (Å²) in [6, 6.07) is 27.1. The minimum absolute atomic E-state index is 0.464. The molecule has 4 bridgehead atoms. The van der Waals surface area contributed by atoms with E-state index in [-0.39, 0.29) is 0 Å². The van der Waals surface area contributed by atoms with Gasteiger partial charge in [-0.1, -0.05) is 60.7 Å². The molecule has 0 N–H and O–H groups in total. The lowest BCUT2D eigenvalue weighted by Crippen LogP contribution is -2.48. The molecule has 0 atom stereocenters. The Morgan fingerprint density at radius 1 is 0.647 bits per heavy atom. The van der Waals surface area contributed by atoms with Crippen LogP contribution in [0.25, 0.3) is 43.8 Å². The predicted octanol–water partition coefficient (Wildman–Crippen LogP) is 9.18. The molecule has 0 amide bonds. The van der Waals surface area contributed by atoms with Crippen LogP contribution in [0.4, 0.5) is 0 Å². The van der Waals surface area contributed by atoms with Crippen molar-refractivity contribution >= 4 is 32.7 Å². The molecule has 1 aromatic heterocycles. The highest BCUT2D eigenvalue weighted by Gasteiger charge is 2.51. The molecule has 4 aliphatic carbocycles. The lowest BCUT2D eigenvalue weighted by molar-refractivity contribution is -0.00518. The van der Waals surface area contributed by atoms with Crippen LogP contribution in [0.5, 0.6) is 0 Å². The van der Waals surface area contributed by atoms with Gasteiger partial charge >= 0.3 is 0 Å². The normalized spacial score (nSPS) is 27.9. The lowest BCUT2D eigenvalue weighted by atomic mass is 9.48. The summed E-state index contributed by atoms with van der Waals surface area (Å²) in [6.45, 7) is 2.22. The summed E-state index contributed by atoms with van der Waals surface area (Å²) in [5, 5.41) is 4.84. The maximum absolute atomic E-state index is 6.55. The van der Waals surface area contributed by atoms with Crippen LogP contribution >= 0.6 is 0 Å². The number of hydrogen-bond donors (Lipinski definition) is 0. The summed E-state index contributed by atoms with van der Waals surface area (Å²) in [6.07, 6.45) is 8.79. The van der Waals surface area contributed by atoms with Crippen molar-refractivity contribution in [2.45, 2.75) is 50.9 Å². The smallest absolute Gasteiger partial charge is 0.143 e. The number of aryl methyl sites for hydroxylation is 1. The van der Waals surface area contributed by atoms with E-state index in [1.165, 1.54) is 76.8 Å². The van der Waals surface area contributed by atoms with E-state index in [1.807, 2.05) is 0 Å². The Bertz CT molecular complexity index is 1550. The lowest BCUT2D eigenvalue weighted by Gasteiger charge is -2.57. The van der Waals surface area contributed by atoms with Gasteiger partial charge in [0.05, 0.1) is 0 Å². The first-order valence-corrected chi connectivity index (χ1v) is 13.1. The fourth-order valence-corrected chi connectivity index (χ4v) is 8.48. The van der Waals surface area contributed by atoms with Crippen molar-refractivity contribution < 1.29 is 4.42 Å². The van der Waals surface area contributed by atoms with E-state index in [4.69, 9.17) is 4.42 Å². The average Bonchev–Trinajstić information content (AvgIpc) is 3.24. The number of rotatable bonds is 2. The predicted molar refractivity (Wildman–Crippen MR) is 141 cm³/mol. The molecule has 0 saturated heterocycles. The van der Waals surface area contributed by atoms with E-state index in [0.29, 0.717) is 5.41 Å². The third kappa shape index (κ3) is 2.62. The molecule has 0 aliphatic heterocycles. The standard InChI is InChI=1S/C33H30O/c1-20-27(12-13-29-30-11-8-24-4-2-3-5-28(24)32(30)34-31(20)29)25-6-9-26(10-7-25)33-17-21-14-22(18-33)16-23(15-21)19-33/h2-13,21-23H,14-19H2,1H3. The molecule has 0 unspecified atom stereocenters. The largest absolute Gasteiger partial charge is 0.455 e. The molecule has 0 radical (unpaired) electrons. The molecule has 5 aromatic rings. The molecule has 9 rings (SSSR count). The van der Waals surface area contributed by atoms with Crippen LogP contribution < -0.4 is 0 Å². The number of benzene rings is 4. The third-order valence-electron chi connectivity index (χ3n) is 9.63. The van der Waals surface area contributed by atoms with Gasteiger partial charge in [0.15, 0.2) is 0 Å². The van der Waals surface area contributed by atoms with Crippen molar-refractivity contribution in [2.75, 3.05) is 0 Å². The molecule has 1 heterocycles. The van der Waals surface area contributed by atoms with Crippen molar-refractivity contribution in [3.63, 3.8) is 0 Å². The molecule has 34 heavy (non-hydrogen) atoms. The molecule has 0 spiro atoms. The van der Waals surface area contributed by atoms with Crippen molar-refractivity contribution in [1.29, 1.82) is 0 Å². The van der Waals surface area contributed by atoms with Gasteiger partial charge < -0.3 is 4.42 Å². The molecular weight excluding hydrogens is 412 g/mol. The van der Waals surface area contributed by atoms with Gasteiger partial charge in [0.25, 0.3) is 0 Å². The minimum atomic E-state index is 0.464. The first-order chi connectivity index (χ1) is 16.7. The highest BCUT2D eigenvalue weighted by atomic mass is 16.3. The topological polar surface area (TPSA) is 13.1 Å². The fourth-order valence-electron chi connectivity index (χ4n) is 8.48. The molecule has 4 fully saturated rings. The molecule has 1 heteroatoms. The zero-order valence-electron chi connectivity index (χ0n) is 19.8. The van der Waals surface area contributed by atoms with Gasteiger partial charge in [-0.05, 0) is 103 Å². The van der Waals surface area contributed by atoms with Crippen molar-refractivity contribution in [3.05, 3.63) is 83.9 Å². The summed E-state index contributed by atoms with van der Waals surface area (Å²) in [5.74, 6) is 2.96. The van der Waals surface area contributed by atoms with Gasteiger partial charge in [-0.2, -0.15) is 0 Å². The van der Waals surface area contributed by atoms with E-state index in [2.05, 4.69) is 79.7 Å². The van der Waals surface area contributed by atoms with E-state index in [0.717, 1.165) is 28.9 Å². The van der Waals surface area contributed by atoms with Crippen molar-refractivity contribution in [3.8, 4) is 11.1 Å². The van der Waals surface area contributed by atoms with Gasteiger partial charge in [0.1, 0.15) is 11.2 Å². The monoisotopic (exact) mass is 442 g/mol. The summed E-state index contributed by atoms with van der Waals surface area (Å²) in [4.78, 5) is 0. The van der Waals surface area contributed by atoms with Crippen LogP contribution in [0.2, 0.25) is 0 Å². The second kappa shape index (κ2) is 6.75. The van der Waals surface area contributed by atoms with Gasteiger partial charge in [-0.3, -0.25) is 0 Å². The SMILES string of the molecule is Cc1c(-c2ccc(C34CC5CC(CC(C5)C3)C4)cc2)ccc2c1oc1c3ccccc3ccc21. The molecule has 4 saturated carbocycles. The summed E-state index contributed by atoms with van der Waals surface area (Å²) >= 11 is 0. The van der Waals surface area contributed by atoms with Crippen LogP contribution in [0, 0.1) is 24.7 Å². The second-order valence-corrected chi connectivity index (χ2v) is 11.7. The number of fused-ring (bicyclic) bond motifs is 5. The van der Waals surface area contributed by atoms with Crippen LogP contribution in [-0.4, -0.2) is 0 Å². The Morgan fingerprint density at radius 2 is 1.29 bits per heavy atom. The summed E-state index contributed by atoms with van der Waals surface area (Å²) in [5.41, 5.74) is 7.92. The van der Waals surface area contributed by atoms with Gasteiger partial charge in [-0.15, -0.1) is 0 Å². The first-order valence-electron chi connectivity index (χ1n) is 13.1. The highest BCUT2D eigenvalue weighted by molar-refractivity contribution is 6.16. The Labute approximate surface area is 200 Å². The third-order valence-corrected chi connectivity index (χ3v) is 9.63. The maximum Gasteiger partial charge on any atom is 0.143 e. The van der Waals surface area contributed by atoms with E-state index < -0.39 is 0 Å². The van der Waals surface area contributed by atoms with Crippen molar-refractivity contribution in [1.82, 2.24) is 0 Å². The first kappa shape index (κ1) is 19.3. The van der Waals surface area contributed by atoms with E-state index >= 15 is 0 Å². The Morgan fingerprint density at radius 3 is 2.03 bits per heavy atom. The maximum atomic E-state index is 6.55. The summed E-state index contributed by atoms with van der Waals surface area (Å²) < 4.78 is 6.55. The van der Waals surface area contributed by atoms with Crippen LogP contribution in [-0.2, 0) is 5.41 Å². The van der Waals surface area contributed by atoms with Crippen molar-refractivity contribution in [2.24, 2.45) is 17.8 Å². The van der Waals surface area contributed by atoms with Gasteiger partial charge in [0.2, 0.25) is 0 Å². The highest BCUT2D eigenvalue weighted by Crippen LogP contribution is 2.60. The van der Waals surface area contributed by atoms with E-state index in [1.54, 1.807) is 5.56 Å². The second-order valence-electron chi connectivity index (χ2n) is 11.7. The number of furan rings is 1. The molecule has 4 aliphatic rings. The summed E-state index contributed by atoms with van der Waals surface area (Å²) in [7, 11) is 0. The van der Waals surface area contributed by atoms with Crippen LogP contribution in [0.3, 0.4) is 0 Å². The van der Waals surface area contributed by atoms with Crippen LogP contribution in [0.15, 0.2) is 77.2 Å². The van der Waals surface area contributed by atoms with E-state index in [9.17, 15) is 0 Å². The quantitative estimate of drug-likeness (QED) is 0.265. The molecule has 1 nitrogen and oxygen atoms in total. The zero-order valence-corrected chi connectivity index (χ0v) is 19.8.